The van der Waals surface area contributed by atoms with Crippen LogP contribution in [0, 0.1) is 5.82 Å². The molecule has 3 rings (SSSR count). The third-order valence-corrected chi connectivity index (χ3v) is 4.10. The van der Waals surface area contributed by atoms with E-state index in [4.69, 9.17) is 5.73 Å². The fraction of sp³-hybridized carbons (Fsp3) is 0.267. The minimum atomic E-state index is -0.802. The highest BCUT2D eigenvalue weighted by atomic mass is 19.1. The second kappa shape index (κ2) is 5.38. The van der Waals surface area contributed by atoms with Crippen LogP contribution in [-0.2, 0) is 6.42 Å². The highest BCUT2D eigenvalue weighted by Gasteiger charge is 2.30. The van der Waals surface area contributed by atoms with Gasteiger partial charge in [-0.15, -0.1) is 0 Å². The van der Waals surface area contributed by atoms with Gasteiger partial charge >= 0.3 is 5.69 Å². The average molecular weight is 318 g/mol. The largest absolute Gasteiger partial charge is 0.392 e. The number of carbonyl (C=O) groups excluding carboxylic acids is 1. The number of rotatable bonds is 1. The van der Waals surface area contributed by atoms with Crippen LogP contribution in [0.25, 0.3) is 0 Å². The molecule has 4 N–H and O–H groups in total. The predicted molar refractivity (Wildman–Crippen MR) is 81.7 cm³/mol. The smallest absolute Gasteiger partial charge is 0.326 e. The number of amides is 1. The molecule has 1 aliphatic heterocycles. The van der Waals surface area contributed by atoms with Crippen LogP contribution in [0.3, 0.4) is 0 Å². The summed E-state index contributed by atoms with van der Waals surface area (Å²) in [7, 11) is 0. The maximum Gasteiger partial charge on any atom is 0.326 e. The third-order valence-electron chi connectivity index (χ3n) is 4.10. The van der Waals surface area contributed by atoms with E-state index in [0.717, 1.165) is 11.1 Å². The molecule has 0 fully saturated rings. The van der Waals surface area contributed by atoms with Crippen molar-refractivity contribution in [2.45, 2.75) is 19.4 Å². The summed E-state index contributed by atoms with van der Waals surface area (Å²) in [6.07, 6.45) is 0.483. The van der Waals surface area contributed by atoms with Gasteiger partial charge in [-0.25, -0.2) is 9.18 Å². The number of benzene rings is 1. The van der Waals surface area contributed by atoms with Crippen molar-refractivity contribution in [1.82, 2.24) is 14.9 Å². The Morgan fingerprint density at radius 3 is 2.83 bits per heavy atom. The van der Waals surface area contributed by atoms with Gasteiger partial charge in [-0.3, -0.25) is 14.6 Å². The predicted octanol–water partition coefficient (Wildman–Crippen LogP) is 0.544. The summed E-state index contributed by atoms with van der Waals surface area (Å²) in [4.78, 5) is 41.3. The van der Waals surface area contributed by atoms with E-state index >= 15 is 0 Å². The lowest BCUT2D eigenvalue weighted by Crippen LogP contribution is -2.41. The number of hydrogen-bond acceptors (Lipinski definition) is 4. The second-order valence-electron chi connectivity index (χ2n) is 5.46. The molecule has 0 spiro atoms. The van der Waals surface area contributed by atoms with E-state index in [0.29, 0.717) is 13.0 Å². The van der Waals surface area contributed by atoms with Crippen molar-refractivity contribution in [2.75, 3.05) is 12.3 Å². The molecule has 0 saturated heterocycles. The lowest BCUT2D eigenvalue weighted by molar-refractivity contribution is 0.0672. The number of halogens is 1. The highest BCUT2D eigenvalue weighted by Crippen LogP contribution is 2.30. The average Bonchev–Trinajstić information content (AvgIpc) is 2.50. The van der Waals surface area contributed by atoms with Crippen molar-refractivity contribution < 1.29 is 9.18 Å². The SMILES string of the molecule is C[C@H]1c2ccc(F)cc2CCN1C(=O)c1[nH]c(=O)[nH]c(=O)c1N. The number of nitrogen functional groups attached to an aromatic ring is 1. The van der Waals surface area contributed by atoms with Crippen molar-refractivity contribution in [3.8, 4) is 0 Å². The van der Waals surface area contributed by atoms with Crippen LogP contribution in [0.1, 0.15) is 34.6 Å². The van der Waals surface area contributed by atoms with Crippen LogP contribution < -0.4 is 17.0 Å². The summed E-state index contributed by atoms with van der Waals surface area (Å²) in [6, 6.07) is 4.11. The van der Waals surface area contributed by atoms with Gasteiger partial charge in [0, 0.05) is 6.54 Å². The number of nitrogens with two attached hydrogens (primary N) is 1. The van der Waals surface area contributed by atoms with Gasteiger partial charge in [0.15, 0.2) is 0 Å². The van der Waals surface area contributed by atoms with Crippen molar-refractivity contribution in [3.63, 3.8) is 0 Å². The number of nitrogens with one attached hydrogen (secondary N) is 2. The normalized spacial score (nSPS) is 17.0. The number of fused-ring (bicyclic) bond motifs is 1. The van der Waals surface area contributed by atoms with E-state index < -0.39 is 17.2 Å². The van der Waals surface area contributed by atoms with E-state index in [1.807, 2.05) is 4.98 Å². The van der Waals surface area contributed by atoms with Crippen LogP contribution >= 0.6 is 0 Å². The molecule has 0 bridgehead atoms. The van der Waals surface area contributed by atoms with Crippen LogP contribution in [0.5, 0.6) is 0 Å². The molecule has 0 radical (unpaired) electrons. The summed E-state index contributed by atoms with van der Waals surface area (Å²) < 4.78 is 13.3. The standard InChI is InChI=1S/C15H15FN4O3/c1-7-10-3-2-9(16)6-8(10)4-5-20(7)14(22)12-11(17)13(21)19-15(23)18-12/h2-3,6-7H,4-5,17H2,1H3,(H2,18,19,21,23)/t7-/m0/s1. The molecule has 1 amide bonds. The first kappa shape index (κ1) is 15.0. The highest BCUT2D eigenvalue weighted by molar-refractivity contribution is 5.97. The van der Waals surface area contributed by atoms with Gasteiger partial charge in [0.25, 0.3) is 11.5 Å². The van der Waals surface area contributed by atoms with E-state index in [1.165, 1.54) is 17.0 Å². The molecule has 0 aliphatic carbocycles. The minimum absolute atomic E-state index is 0.226. The fourth-order valence-corrected chi connectivity index (χ4v) is 2.89. The summed E-state index contributed by atoms with van der Waals surface area (Å²) in [5, 5.41) is 0. The van der Waals surface area contributed by atoms with Crippen molar-refractivity contribution in [1.29, 1.82) is 0 Å². The van der Waals surface area contributed by atoms with Gasteiger partial charge in [-0.05, 0) is 36.6 Å². The van der Waals surface area contributed by atoms with E-state index in [9.17, 15) is 18.8 Å². The Labute approximate surface area is 129 Å². The first-order chi connectivity index (χ1) is 10.9. The molecule has 120 valence electrons. The zero-order valence-corrected chi connectivity index (χ0v) is 12.4. The number of carbonyl (C=O) groups is 1. The van der Waals surface area contributed by atoms with Gasteiger partial charge in [0.05, 0.1) is 6.04 Å². The fourth-order valence-electron chi connectivity index (χ4n) is 2.89. The number of aromatic nitrogens is 2. The Kier molecular flexibility index (Phi) is 3.51. The second-order valence-corrected chi connectivity index (χ2v) is 5.46. The van der Waals surface area contributed by atoms with Gasteiger partial charge < -0.3 is 15.6 Å². The molecule has 1 atom stereocenters. The number of anilines is 1. The minimum Gasteiger partial charge on any atom is -0.392 e. The molecular formula is C15H15FN4O3. The Balaban J connectivity index is 2.00. The number of aromatic amines is 2. The maximum absolute atomic E-state index is 13.3. The van der Waals surface area contributed by atoms with Crippen LogP contribution in [0.4, 0.5) is 10.1 Å². The Morgan fingerprint density at radius 2 is 2.09 bits per heavy atom. The molecule has 8 heteroatoms. The molecule has 7 nitrogen and oxygen atoms in total. The lowest BCUT2D eigenvalue weighted by Gasteiger charge is -2.35. The molecule has 23 heavy (non-hydrogen) atoms. The zero-order valence-electron chi connectivity index (χ0n) is 12.4. The summed E-state index contributed by atoms with van der Waals surface area (Å²) in [6.45, 7) is 2.14. The molecule has 1 aliphatic rings. The third kappa shape index (κ3) is 2.52. The van der Waals surface area contributed by atoms with Crippen molar-refractivity contribution in [2.24, 2.45) is 0 Å². The Morgan fingerprint density at radius 1 is 1.35 bits per heavy atom. The van der Waals surface area contributed by atoms with Crippen LogP contribution in [0.2, 0.25) is 0 Å². The number of H-pyrrole nitrogens is 2. The van der Waals surface area contributed by atoms with Crippen molar-refractivity contribution >= 4 is 11.6 Å². The molecule has 1 aromatic carbocycles. The molecule has 2 aromatic rings. The Hall–Kier alpha value is -2.90. The van der Waals surface area contributed by atoms with Gasteiger partial charge in [-0.1, -0.05) is 6.07 Å². The number of nitrogens with zero attached hydrogens (tertiary/aromatic N) is 1. The summed E-state index contributed by atoms with van der Waals surface area (Å²) in [5.74, 6) is -0.855. The monoisotopic (exact) mass is 318 g/mol. The molecule has 0 saturated carbocycles. The van der Waals surface area contributed by atoms with E-state index in [-0.39, 0.29) is 23.2 Å². The zero-order chi connectivity index (χ0) is 16.7. The molecule has 0 unspecified atom stereocenters. The van der Waals surface area contributed by atoms with Crippen molar-refractivity contribution in [3.05, 3.63) is 61.7 Å². The summed E-state index contributed by atoms with van der Waals surface area (Å²) in [5.41, 5.74) is 5.13. The van der Waals surface area contributed by atoms with E-state index in [1.54, 1.807) is 13.0 Å². The quantitative estimate of drug-likeness (QED) is 0.712. The first-order valence-electron chi connectivity index (χ1n) is 7.10. The van der Waals surface area contributed by atoms with Gasteiger partial charge in [0.1, 0.15) is 17.2 Å². The van der Waals surface area contributed by atoms with Gasteiger partial charge in [-0.2, -0.15) is 0 Å². The topological polar surface area (TPSA) is 112 Å². The van der Waals surface area contributed by atoms with Crippen LogP contribution in [0.15, 0.2) is 27.8 Å². The molecular weight excluding hydrogens is 303 g/mol. The summed E-state index contributed by atoms with van der Waals surface area (Å²) >= 11 is 0. The van der Waals surface area contributed by atoms with Gasteiger partial charge in [0.2, 0.25) is 0 Å². The van der Waals surface area contributed by atoms with E-state index in [2.05, 4.69) is 4.98 Å². The molecule has 2 heterocycles. The molecule has 1 aromatic heterocycles. The number of hydrogen-bond donors (Lipinski definition) is 3. The maximum atomic E-state index is 13.3. The Bertz CT molecular complexity index is 902. The lowest BCUT2D eigenvalue weighted by atomic mass is 9.93. The van der Waals surface area contributed by atoms with Crippen LogP contribution in [-0.4, -0.2) is 27.3 Å². The first-order valence-corrected chi connectivity index (χ1v) is 7.10.